The smallest absolute Gasteiger partial charge is 0.319 e. The molecule has 1 amide bonds. The number of hydrogen-bond acceptors (Lipinski definition) is 3. The number of methoxy groups -OCH3 is 1. The van der Waals surface area contributed by atoms with Gasteiger partial charge in [0.2, 0.25) is 5.91 Å². The standard InChI is InChI=1S/C11H19NO4/c1-11(9(12)13,10(14)15)7-4-3-5-8(6-7)16-2/h7-8H,3-6H2,1-2H3,(H2,12,13)(H,14,15). The van der Waals surface area contributed by atoms with E-state index in [0.29, 0.717) is 12.8 Å². The average molecular weight is 229 g/mol. The lowest BCUT2D eigenvalue weighted by molar-refractivity contribution is -0.159. The molecule has 0 radical (unpaired) electrons. The highest BCUT2D eigenvalue weighted by Gasteiger charge is 2.48. The maximum Gasteiger partial charge on any atom is 0.319 e. The van der Waals surface area contributed by atoms with Crippen LogP contribution in [0.25, 0.3) is 0 Å². The number of carbonyl (C=O) groups is 2. The van der Waals surface area contributed by atoms with Crippen LogP contribution in [0.2, 0.25) is 0 Å². The second-order valence-corrected chi connectivity index (χ2v) is 4.59. The van der Waals surface area contributed by atoms with Crippen LogP contribution >= 0.6 is 0 Å². The van der Waals surface area contributed by atoms with E-state index in [4.69, 9.17) is 10.5 Å². The third-order valence-corrected chi connectivity index (χ3v) is 3.73. The van der Waals surface area contributed by atoms with Crippen molar-refractivity contribution in [2.75, 3.05) is 7.11 Å². The number of nitrogens with two attached hydrogens (primary N) is 1. The molecule has 16 heavy (non-hydrogen) atoms. The topological polar surface area (TPSA) is 89.6 Å². The summed E-state index contributed by atoms with van der Waals surface area (Å²) in [4.78, 5) is 22.6. The van der Waals surface area contributed by atoms with Gasteiger partial charge in [0.1, 0.15) is 5.41 Å². The van der Waals surface area contributed by atoms with E-state index in [1.54, 1.807) is 7.11 Å². The molecule has 0 saturated heterocycles. The van der Waals surface area contributed by atoms with Crippen molar-refractivity contribution in [3.8, 4) is 0 Å². The van der Waals surface area contributed by atoms with Crippen molar-refractivity contribution in [2.24, 2.45) is 17.1 Å². The van der Waals surface area contributed by atoms with E-state index < -0.39 is 17.3 Å². The molecule has 0 aromatic heterocycles. The van der Waals surface area contributed by atoms with E-state index in [-0.39, 0.29) is 12.0 Å². The molecule has 1 aliphatic rings. The van der Waals surface area contributed by atoms with Crippen molar-refractivity contribution in [3.05, 3.63) is 0 Å². The molecule has 3 N–H and O–H groups in total. The Morgan fingerprint density at radius 2 is 2.06 bits per heavy atom. The van der Waals surface area contributed by atoms with Crippen molar-refractivity contribution in [1.82, 2.24) is 0 Å². The molecule has 3 unspecified atom stereocenters. The van der Waals surface area contributed by atoms with Gasteiger partial charge in [0.15, 0.2) is 0 Å². The van der Waals surface area contributed by atoms with Crippen LogP contribution in [0.1, 0.15) is 32.6 Å². The van der Waals surface area contributed by atoms with E-state index >= 15 is 0 Å². The summed E-state index contributed by atoms with van der Waals surface area (Å²) in [7, 11) is 1.61. The van der Waals surface area contributed by atoms with Crippen molar-refractivity contribution in [3.63, 3.8) is 0 Å². The van der Waals surface area contributed by atoms with Crippen LogP contribution in [0.15, 0.2) is 0 Å². The summed E-state index contributed by atoms with van der Waals surface area (Å²) in [6, 6.07) is 0. The van der Waals surface area contributed by atoms with Gasteiger partial charge in [0, 0.05) is 7.11 Å². The Hall–Kier alpha value is -1.10. The second-order valence-electron chi connectivity index (χ2n) is 4.59. The van der Waals surface area contributed by atoms with Crippen molar-refractivity contribution in [2.45, 2.75) is 38.7 Å². The van der Waals surface area contributed by atoms with Gasteiger partial charge in [-0.15, -0.1) is 0 Å². The molecule has 0 aliphatic heterocycles. The quantitative estimate of drug-likeness (QED) is 0.697. The SMILES string of the molecule is COC1CCCC(C(C)(C(N)=O)C(=O)O)C1. The van der Waals surface area contributed by atoms with Gasteiger partial charge in [-0.3, -0.25) is 9.59 Å². The number of aliphatic carboxylic acids is 1. The number of primary amides is 1. The van der Waals surface area contributed by atoms with Gasteiger partial charge in [-0.1, -0.05) is 6.42 Å². The van der Waals surface area contributed by atoms with Crippen molar-refractivity contribution >= 4 is 11.9 Å². The average Bonchev–Trinajstić information content (AvgIpc) is 2.27. The Morgan fingerprint density at radius 3 is 2.50 bits per heavy atom. The molecule has 0 bridgehead atoms. The summed E-state index contributed by atoms with van der Waals surface area (Å²) in [6.07, 6.45) is 3.13. The Balaban J connectivity index is 2.87. The predicted molar refractivity (Wildman–Crippen MR) is 57.7 cm³/mol. The summed E-state index contributed by atoms with van der Waals surface area (Å²) in [5.74, 6) is -2.13. The molecule has 92 valence electrons. The number of rotatable bonds is 4. The van der Waals surface area contributed by atoms with Gasteiger partial charge in [-0.2, -0.15) is 0 Å². The molecule has 1 saturated carbocycles. The zero-order chi connectivity index (χ0) is 12.3. The molecule has 1 rings (SSSR count). The number of carboxylic acid groups (broad SMARTS) is 1. The summed E-state index contributed by atoms with van der Waals surface area (Å²) in [5, 5.41) is 9.17. The van der Waals surface area contributed by atoms with E-state index in [1.165, 1.54) is 6.92 Å². The number of carbonyl (C=O) groups excluding carboxylic acids is 1. The van der Waals surface area contributed by atoms with Crippen LogP contribution < -0.4 is 5.73 Å². The third-order valence-electron chi connectivity index (χ3n) is 3.73. The molecule has 0 spiro atoms. The van der Waals surface area contributed by atoms with Gasteiger partial charge < -0.3 is 15.6 Å². The molecule has 5 heteroatoms. The summed E-state index contributed by atoms with van der Waals surface area (Å²) >= 11 is 0. The zero-order valence-electron chi connectivity index (χ0n) is 9.73. The van der Waals surface area contributed by atoms with E-state index in [0.717, 1.165) is 12.8 Å². The van der Waals surface area contributed by atoms with Gasteiger partial charge in [0.05, 0.1) is 6.10 Å². The zero-order valence-corrected chi connectivity index (χ0v) is 9.73. The largest absolute Gasteiger partial charge is 0.480 e. The predicted octanol–water partition coefficient (Wildman–Crippen LogP) is 0.768. The molecule has 1 fully saturated rings. The first kappa shape index (κ1) is 13.0. The van der Waals surface area contributed by atoms with Gasteiger partial charge in [-0.05, 0) is 32.1 Å². The maximum atomic E-state index is 11.4. The third kappa shape index (κ3) is 2.19. The fourth-order valence-electron chi connectivity index (χ4n) is 2.36. The summed E-state index contributed by atoms with van der Waals surface area (Å²) in [5.41, 5.74) is 3.75. The lowest BCUT2D eigenvalue weighted by Gasteiger charge is -2.36. The first-order valence-corrected chi connectivity index (χ1v) is 5.49. The fraction of sp³-hybridized carbons (Fsp3) is 0.818. The van der Waals surface area contributed by atoms with Crippen LogP contribution in [0.5, 0.6) is 0 Å². The highest BCUT2D eigenvalue weighted by Crippen LogP contribution is 2.39. The van der Waals surface area contributed by atoms with Crippen molar-refractivity contribution < 1.29 is 19.4 Å². The molecule has 5 nitrogen and oxygen atoms in total. The monoisotopic (exact) mass is 229 g/mol. The Bertz CT molecular complexity index is 276. The van der Waals surface area contributed by atoms with Crippen molar-refractivity contribution in [1.29, 1.82) is 0 Å². The Labute approximate surface area is 95.0 Å². The molecule has 3 atom stereocenters. The van der Waals surface area contributed by atoms with Crippen LogP contribution in [0, 0.1) is 11.3 Å². The normalized spacial score (nSPS) is 29.4. The van der Waals surface area contributed by atoms with Gasteiger partial charge in [-0.25, -0.2) is 0 Å². The van der Waals surface area contributed by atoms with Crippen LogP contribution in [-0.2, 0) is 14.3 Å². The van der Waals surface area contributed by atoms with E-state index in [2.05, 4.69) is 0 Å². The highest BCUT2D eigenvalue weighted by atomic mass is 16.5. The molecule has 0 heterocycles. The molecule has 1 aliphatic carbocycles. The van der Waals surface area contributed by atoms with E-state index in [9.17, 15) is 14.7 Å². The lowest BCUT2D eigenvalue weighted by atomic mass is 9.68. The Morgan fingerprint density at radius 1 is 1.44 bits per heavy atom. The summed E-state index contributed by atoms with van der Waals surface area (Å²) in [6.45, 7) is 1.42. The van der Waals surface area contributed by atoms with Gasteiger partial charge in [0.25, 0.3) is 0 Å². The Kier molecular flexibility index (Phi) is 3.91. The highest BCUT2D eigenvalue weighted by molar-refractivity contribution is 6.01. The number of amides is 1. The van der Waals surface area contributed by atoms with Crippen LogP contribution in [0.4, 0.5) is 0 Å². The lowest BCUT2D eigenvalue weighted by Crippen LogP contribution is -2.49. The van der Waals surface area contributed by atoms with Crippen LogP contribution in [0.3, 0.4) is 0 Å². The molecular formula is C11H19NO4. The number of hydrogen-bond donors (Lipinski definition) is 2. The number of ether oxygens (including phenoxy) is 1. The molecular weight excluding hydrogens is 210 g/mol. The first-order valence-electron chi connectivity index (χ1n) is 5.49. The maximum absolute atomic E-state index is 11.4. The second kappa shape index (κ2) is 4.82. The molecule has 0 aromatic rings. The minimum atomic E-state index is -1.47. The van der Waals surface area contributed by atoms with Gasteiger partial charge >= 0.3 is 5.97 Å². The fourth-order valence-corrected chi connectivity index (χ4v) is 2.36. The van der Waals surface area contributed by atoms with Crippen LogP contribution in [-0.4, -0.2) is 30.2 Å². The molecule has 0 aromatic carbocycles. The summed E-state index contributed by atoms with van der Waals surface area (Å²) < 4.78 is 5.23. The minimum absolute atomic E-state index is 0.0387. The first-order chi connectivity index (χ1) is 7.42. The van der Waals surface area contributed by atoms with E-state index in [1.807, 2.05) is 0 Å². The number of carboxylic acids is 1. The minimum Gasteiger partial charge on any atom is -0.480 e.